The fourth-order valence-electron chi connectivity index (χ4n) is 0.927. The van der Waals surface area contributed by atoms with Crippen LogP contribution in [0.25, 0.3) is 0 Å². The molecule has 11 heavy (non-hydrogen) atoms. The maximum atomic E-state index is 12.1. The highest BCUT2D eigenvalue weighted by Crippen LogP contribution is 2.17. The summed E-state index contributed by atoms with van der Waals surface area (Å²) in [4.78, 5) is 0. The summed E-state index contributed by atoms with van der Waals surface area (Å²) in [5.74, 6) is 0. The van der Waals surface area contributed by atoms with Crippen molar-refractivity contribution in [1.29, 1.82) is 0 Å². The molecule has 1 rings (SSSR count). The van der Waals surface area contributed by atoms with Gasteiger partial charge in [0.25, 0.3) is 6.43 Å². The monoisotopic (exact) mass is 160 g/mol. The molecule has 2 nitrogen and oxygen atoms in total. The lowest BCUT2D eigenvalue weighted by Gasteiger charge is -2.03. The summed E-state index contributed by atoms with van der Waals surface area (Å²) in [5, 5.41) is 3.76. The van der Waals surface area contributed by atoms with Crippen LogP contribution < -0.4 is 0 Å². The molecular formula is C7H10F2N2. The Bertz CT molecular complexity index is 220. The van der Waals surface area contributed by atoms with E-state index in [1.165, 1.54) is 16.9 Å². The molecule has 0 aliphatic rings. The van der Waals surface area contributed by atoms with Gasteiger partial charge in [0.15, 0.2) is 0 Å². The summed E-state index contributed by atoms with van der Waals surface area (Å²) in [5.41, 5.74) is 0.00634. The summed E-state index contributed by atoms with van der Waals surface area (Å²) >= 11 is 0. The van der Waals surface area contributed by atoms with Crippen molar-refractivity contribution in [3.63, 3.8) is 0 Å². The Labute approximate surface area is 63.8 Å². The normalized spacial score (nSPS) is 10.9. The number of hydrogen-bond donors (Lipinski definition) is 0. The molecule has 0 amide bonds. The third-order valence-electron chi connectivity index (χ3n) is 1.41. The fraction of sp³-hybridized carbons (Fsp3) is 0.571. The summed E-state index contributed by atoms with van der Waals surface area (Å²) in [6.45, 7) is 2.49. The molecule has 0 radical (unpaired) electrons. The van der Waals surface area contributed by atoms with Gasteiger partial charge in [-0.2, -0.15) is 5.10 Å². The van der Waals surface area contributed by atoms with Gasteiger partial charge in [0.2, 0.25) is 0 Å². The first-order valence-electron chi connectivity index (χ1n) is 3.55. The molecule has 0 atom stereocenters. The Morgan fingerprint density at radius 3 is 2.91 bits per heavy atom. The average Bonchev–Trinajstić information content (AvgIpc) is 2.36. The molecule has 0 fully saturated rings. The number of alkyl halides is 2. The second kappa shape index (κ2) is 3.46. The van der Waals surface area contributed by atoms with E-state index in [1.807, 2.05) is 6.92 Å². The first-order chi connectivity index (χ1) is 5.25. The van der Waals surface area contributed by atoms with Crippen LogP contribution in [0.5, 0.6) is 0 Å². The van der Waals surface area contributed by atoms with E-state index in [0.717, 1.165) is 6.42 Å². The highest BCUT2D eigenvalue weighted by molar-refractivity contribution is 5.01. The Morgan fingerprint density at radius 2 is 2.36 bits per heavy atom. The molecule has 62 valence electrons. The number of aromatic nitrogens is 2. The van der Waals surface area contributed by atoms with E-state index >= 15 is 0 Å². The minimum atomic E-state index is -2.41. The van der Waals surface area contributed by atoms with Crippen LogP contribution in [0.2, 0.25) is 0 Å². The van der Waals surface area contributed by atoms with E-state index in [9.17, 15) is 8.78 Å². The first-order valence-corrected chi connectivity index (χ1v) is 3.55. The summed E-state index contributed by atoms with van der Waals surface area (Å²) in [6.07, 6.45) is -0.192. The molecule has 0 unspecified atom stereocenters. The summed E-state index contributed by atoms with van der Waals surface area (Å²) < 4.78 is 25.6. The summed E-state index contributed by atoms with van der Waals surface area (Å²) in [6, 6.07) is 1.35. The van der Waals surface area contributed by atoms with E-state index < -0.39 is 6.43 Å². The van der Waals surface area contributed by atoms with Crippen molar-refractivity contribution in [2.75, 3.05) is 0 Å². The molecule has 1 aromatic heterocycles. The second-order valence-electron chi connectivity index (χ2n) is 2.28. The van der Waals surface area contributed by atoms with Gasteiger partial charge in [-0.3, -0.25) is 4.68 Å². The lowest BCUT2D eigenvalue weighted by molar-refractivity contribution is 0.139. The average molecular weight is 160 g/mol. The largest absolute Gasteiger partial charge is 0.280 e. The van der Waals surface area contributed by atoms with Crippen LogP contribution in [0, 0.1) is 0 Å². The molecule has 1 aromatic rings. The van der Waals surface area contributed by atoms with Crippen molar-refractivity contribution in [2.24, 2.45) is 0 Å². The van der Waals surface area contributed by atoms with Crippen LogP contribution in [0.3, 0.4) is 0 Å². The van der Waals surface area contributed by atoms with Crippen molar-refractivity contribution >= 4 is 0 Å². The van der Waals surface area contributed by atoms with Crippen molar-refractivity contribution in [3.8, 4) is 0 Å². The number of aryl methyl sites for hydroxylation is 1. The highest BCUT2D eigenvalue weighted by atomic mass is 19.3. The molecule has 1 heterocycles. The van der Waals surface area contributed by atoms with Gasteiger partial charge in [-0.15, -0.1) is 0 Å². The molecule has 0 aliphatic carbocycles. The van der Waals surface area contributed by atoms with Crippen LogP contribution in [-0.4, -0.2) is 9.78 Å². The topological polar surface area (TPSA) is 17.8 Å². The Morgan fingerprint density at radius 1 is 1.64 bits per heavy atom. The van der Waals surface area contributed by atoms with Crippen LogP contribution in [0.4, 0.5) is 8.78 Å². The number of rotatable bonds is 3. The quantitative estimate of drug-likeness (QED) is 0.663. The molecule has 0 spiro atoms. The van der Waals surface area contributed by atoms with Gasteiger partial charge in [0.1, 0.15) is 5.69 Å². The van der Waals surface area contributed by atoms with Crippen LogP contribution >= 0.6 is 0 Å². The zero-order valence-corrected chi connectivity index (χ0v) is 6.30. The maximum absolute atomic E-state index is 12.1. The van der Waals surface area contributed by atoms with Gasteiger partial charge in [-0.1, -0.05) is 6.92 Å². The predicted octanol–water partition coefficient (Wildman–Crippen LogP) is 2.23. The zero-order chi connectivity index (χ0) is 8.27. The fourth-order valence-corrected chi connectivity index (χ4v) is 0.927. The lowest BCUT2D eigenvalue weighted by Crippen LogP contribution is -2.04. The summed E-state index contributed by atoms with van der Waals surface area (Å²) in [7, 11) is 0. The molecular weight excluding hydrogens is 150 g/mol. The zero-order valence-electron chi connectivity index (χ0n) is 6.30. The molecule has 0 bridgehead atoms. The SMILES string of the molecule is CCCn1nccc1C(F)F. The third kappa shape index (κ3) is 1.76. The Balaban J connectivity index is 2.78. The van der Waals surface area contributed by atoms with Gasteiger partial charge < -0.3 is 0 Å². The van der Waals surface area contributed by atoms with Crippen LogP contribution in [0.15, 0.2) is 12.3 Å². The molecule has 0 saturated heterocycles. The van der Waals surface area contributed by atoms with Gasteiger partial charge in [-0.25, -0.2) is 8.78 Å². The molecule has 0 aliphatic heterocycles. The first kappa shape index (κ1) is 8.17. The minimum Gasteiger partial charge on any atom is -0.264 e. The number of nitrogens with zero attached hydrogens (tertiary/aromatic N) is 2. The molecule has 0 aromatic carbocycles. The lowest BCUT2D eigenvalue weighted by atomic mass is 10.4. The van der Waals surface area contributed by atoms with E-state index in [4.69, 9.17) is 0 Å². The van der Waals surface area contributed by atoms with E-state index in [2.05, 4.69) is 5.10 Å². The Hall–Kier alpha value is -0.930. The smallest absolute Gasteiger partial charge is 0.264 e. The van der Waals surface area contributed by atoms with Gasteiger partial charge >= 0.3 is 0 Å². The van der Waals surface area contributed by atoms with Crippen LogP contribution in [-0.2, 0) is 6.54 Å². The van der Waals surface area contributed by atoms with Crippen LogP contribution in [0.1, 0.15) is 25.5 Å². The standard InChI is InChI=1S/C7H10F2N2/c1-2-5-11-6(7(8)9)3-4-10-11/h3-4,7H,2,5H2,1H3. The Kier molecular flexibility index (Phi) is 2.57. The van der Waals surface area contributed by atoms with Crippen molar-refractivity contribution in [3.05, 3.63) is 18.0 Å². The third-order valence-corrected chi connectivity index (χ3v) is 1.41. The molecule has 4 heteroatoms. The van der Waals surface area contributed by atoms with Gasteiger partial charge in [0, 0.05) is 12.7 Å². The van der Waals surface area contributed by atoms with Gasteiger partial charge in [0.05, 0.1) is 0 Å². The number of hydrogen-bond acceptors (Lipinski definition) is 1. The van der Waals surface area contributed by atoms with Crippen molar-refractivity contribution < 1.29 is 8.78 Å². The predicted molar refractivity (Wildman–Crippen MR) is 37.5 cm³/mol. The molecule has 0 saturated carbocycles. The highest BCUT2D eigenvalue weighted by Gasteiger charge is 2.11. The maximum Gasteiger partial charge on any atom is 0.280 e. The van der Waals surface area contributed by atoms with E-state index in [0.29, 0.717) is 6.54 Å². The van der Waals surface area contributed by atoms with Crippen molar-refractivity contribution in [1.82, 2.24) is 9.78 Å². The van der Waals surface area contributed by atoms with E-state index in [-0.39, 0.29) is 5.69 Å². The molecule has 0 N–H and O–H groups in total. The van der Waals surface area contributed by atoms with E-state index in [1.54, 1.807) is 0 Å². The van der Waals surface area contributed by atoms with Crippen molar-refractivity contribution in [2.45, 2.75) is 26.3 Å². The number of halogens is 2. The van der Waals surface area contributed by atoms with Gasteiger partial charge in [-0.05, 0) is 12.5 Å². The minimum absolute atomic E-state index is 0.00634. The second-order valence-corrected chi connectivity index (χ2v) is 2.28.